The normalized spacial score (nSPS) is 10.6. The molecule has 4 nitrogen and oxygen atoms in total. The summed E-state index contributed by atoms with van der Waals surface area (Å²) in [4.78, 5) is 16.4. The van der Waals surface area contributed by atoms with Gasteiger partial charge in [0.2, 0.25) is 0 Å². The molecule has 3 rings (SSSR count). The van der Waals surface area contributed by atoms with Crippen LogP contribution in [0, 0.1) is 6.92 Å². The van der Waals surface area contributed by atoms with Crippen molar-refractivity contribution < 1.29 is 0 Å². The predicted molar refractivity (Wildman–Crippen MR) is 89.0 cm³/mol. The largest absolute Gasteiger partial charge is 0.289 e. The van der Waals surface area contributed by atoms with Crippen molar-refractivity contribution in [3.05, 3.63) is 55.9 Å². The fourth-order valence-corrected chi connectivity index (χ4v) is 2.37. The number of hydrogen-bond donors (Lipinski definition) is 1. The Morgan fingerprint density at radius 1 is 1.35 bits per heavy atom. The monoisotopic (exact) mass is 417 g/mol. The van der Waals surface area contributed by atoms with Crippen LogP contribution < -0.4 is 5.56 Å². The van der Waals surface area contributed by atoms with Gasteiger partial charge in [0.25, 0.3) is 5.56 Å². The standard InChI is InChI=1S/C13H9BrClN3O.BrH/c1-7-12(14)13(19)18-11(16-7)6-10(17-18)8-3-2-4-9(15)5-8;/h2-6,17H,1H3;1H. The number of aromatic nitrogens is 3. The van der Waals surface area contributed by atoms with E-state index in [-0.39, 0.29) is 22.5 Å². The minimum Gasteiger partial charge on any atom is -0.289 e. The summed E-state index contributed by atoms with van der Waals surface area (Å²) in [6, 6.07) is 9.24. The third-order valence-electron chi connectivity index (χ3n) is 2.86. The molecule has 0 unspecified atom stereocenters. The van der Waals surface area contributed by atoms with Crippen LogP contribution in [0.25, 0.3) is 16.9 Å². The zero-order valence-electron chi connectivity index (χ0n) is 10.4. The first-order valence-corrected chi connectivity index (χ1v) is 6.77. The number of H-pyrrole nitrogens is 1. The molecule has 0 saturated heterocycles. The molecule has 0 saturated carbocycles. The lowest BCUT2D eigenvalue weighted by molar-refractivity contribution is 0.884. The molecule has 0 aliphatic carbocycles. The van der Waals surface area contributed by atoms with Gasteiger partial charge in [-0.05, 0) is 35.0 Å². The van der Waals surface area contributed by atoms with Crippen LogP contribution in [-0.2, 0) is 0 Å². The molecule has 1 N–H and O–H groups in total. The molecule has 0 fully saturated rings. The highest BCUT2D eigenvalue weighted by Gasteiger charge is 2.10. The summed E-state index contributed by atoms with van der Waals surface area (Å²) < 4.78 is 1.87. The average Bonchev–Trinajstić information content (AvgIpc) is 2.80. The van der Waals surface area contributed by atoms with Crippen LogP contribution in [0.15, 0.2) is 39.6 Å². The summed E-state index contributed by atoms with van der Waals surface area (Å²) in [5.74, 6) is 0. The van der Waals surface area contributed by atoms with E-state index in [9.17, 15) is 4.79 Å². The summed E-state index contributed by atoms with van der Waals surface area (Å²) in [7, 11) is 0. The minimum absolute atomic E-state index is 0. The Morgan fingerprint density at radius 3 is 2.80 bits per heavy atom. The van der Waals surface area contributed by atoms with Gasteiger partial charge in [0.1, 0.15) is 4.47 Å². The number of hydrogen-bond acceptors (Lipinski definition) is 2. The lowest BCUT2D eigenvalue weighted by Crippen LogP contribution is -2.17. The molecular weight excluding hydrogens is 409 g/mol. The molecule has 3 aromatic rings. The van der Waals surface area contributed by atoms with Gasteiger partial charge in [-0.2, -0.15) is 0 Å². The number of halogens is 3. The highest BCUT2D eigenvalue weighted by Crippen LogP contribution is 2.22. The molecule has 7 heteroatoms. The number of nitrogens with zero attached hydrogens (tertiary/aromatic N) is 2. The number of aryl methyl sites for hydroxylation is 1. The predicted octanol–water partition coefficient (Wildman–Crippen LogP) is 3.99. The van der Waals surface area contributed by atoms with E-state index < -0.39 is 0 Å². The van der Waals surface area contributed by atoms with Crippen LogP contribution in [0.4, 0.5) is 0 Å². The van der Waals surface area contributed by atoms with Gasteiger partial charge in [0.05, 0.1) is 11.4 Å². The van der Waals surface area contributed by atoms with Gasteiger partial charge >= 0.3 is 0 Å². The molecule has 0 aliphatic heterocycles. The summed E-state index contributed by atoms with van der Waals surface area (Å²) in [5, 5.41) is 3.68. The average molecular weight is 420 g/mol. The van der Waals surface area contributed by atoms with Crippen molar-refractivity contribution in [2.75, 3.05) is 0 Å². The Labute approximate surface area is 138 Å². The lowest BCUT2D eigenvalue weighted by atomic mass is 10.1. The quantitative estimate of drug-likeness (QED) is 0.648. The van der Waals surface area contributed by atoms with Crippen molar-refractivity contribution >= 4 is 50.2 Å². The first-order valence-electron chi connectivity index (χ1n) is 5.60. The van der Waals surface area contributed by atoms with Crippen LogP contribution in [0.3, 0.4) is 0 Å². The van der Waals surface area contributed by atoms with Crippen molar-refractivity contribution in [1.29, 1.82) is 0 Å². The summed E-state index contributed by atoms with van der Waals surface area (Å²) in [6.07, 6.45) is 0. The lowest BCUT2D eigenvalue weighted by Gasteiger charge is -1.98. The SMILES string of the molecule is Br.Cc1nc2cc(-c3cccc(Cl)c3)[nH]n2c(=O)c1Br. The molecule has 0 bridgehead atoms. The maximum atomic E-state index is 12.1. The topological polar surface area (TPSA) is 50.2 Å². The van der Waals surface area contributed by atoms with Crippen molar-refractivity contribution in [2.24, 2.45) is 0 Å². The second kappa shape index (κ2) is 5.71. The van der Waals surface area contributed by atoms with Crippen LogP contribution >= 0.6 is 44.5 Å². The fraction of sp³-hybridized carbons (Fsp3) is 0.0769. The fourth-order valence-electron chi connectivity index (χ4n) is 1.92. The summed E-state index contributed by atoms with van der Waals surface area (Å²) >= 11 is 9.21. The first-order chi connectivity index (χ1) is 9.06. The Bertz CT molecular complexity index is 841. The molecule has 0 radical (unpaired) electrons. The zero-order valence-corrected chi connectivity index (χ0v) is 14.4. The van der Waals surface area contributed by atoms with Crippen LogP contribution in [0.1, 0.15) is 5.69 Å². The van der Waals surface area contributed by atoms with Crippen LogP contribution in [-0.4, -0.2) is 14.6 Å². The number of nitrogens with one attached hydrogen (secondary N) is 1. The smallest absolute Gasteiger partial charge is 0.287 e. The second-order valence-corrected chi connectivity index (χ2v) is 5.42. The van der Waals surface area contributed by atoms with Gasteiger partial charge < -0.3 is 0 Å². The Balaban J connectivity index is 0.00000147. The molecule has 0 atom stereocenters. The zero-order chi connectivity index (χ0) is 13.6. The van der Waals surface area contributed by atoms with Crippen molar-refractivity contribution in [3.8, 4) is 11.3 Å². The second-order valence-electron chi connectivity index (χ2n) is 4.19. The molecule has 0 aliphatic rings. The molecule has 0 amide bonds. The van der Waals surface area contributed by atoms with Gasteiger partial charge in [0.15, 0.2) is 5.65 Å². The number of fused-ring (bicyclic) bond motifs is 1. The third kappa shape index (κ3) is 2.55. The van der Waals surface area contributed by atoms with Gasteiger partial charge in [-0.15, -0.1) is 17.0 Å². The molecule has 2 aromatic heterocycles. The van der Waals surface area contributed by atoms with E-state index in [1.807, 2.05) is 24.3 Å². The van der Waals surface area contributed by atoms with E-state index in [1.54, 1.807) is 13.0 Å². The van der Waals surface area contributed by atoms with Crippen molar-refractivity contribution in [3.63, 3.8) is 0 Å². The van der Waals surface area contributed by atoms with E-state index in [0.717, 1.165) is 11.3 Å². The summed E-state index contributed by atoms with van der Waals surface area (Å²) in [5.41, 5.74) is 2.80. The van der Waals surface area contributed by atoms with Gasteiger partial charge in [0, 0.05) is 16.7 Å². The highest BCUT2D eigenvalue weighted by atomic mass is 79.9. The number of benzene rings is 1. The van der Waals surface area contributed by atoms with Gasteiger partial charge in [-0.3, -0.25) is 9.89 Å². The van der Waals surface area contributed by atoms with E-state index in [4.69, 9.17) is 11.6 Å². The third-order valence-corrected chi connectivity index (χ3v) is 4.01. The van der Waals surface area contributed by atoms with Crippen molar-refractivity contribution in [2.45, 2.75) is 6.92 Å². The number of aromatic amines is 1. The Hall–Kier alpha value is -1.11. The van der Waals surface area contributed by atoms with E-state index >= 15 is 0 Å². The van der Waals surface area contributed by atoms with Crippen LogP contribution in [0.5, 0.6) is 0 Å². The van der Waals surface area contributed by atoms with E-state index in [2.05, 4.69) is 26.0 Å². The minimum atomic E-state index is -0.157. The Kier molecular flexibility index (Phi) is 4.36. The molecule has 1 aromatic carbocycles. The van der Waals surface area contributed by atoms with E-state index in [1.165, 1.54) is 4.52 Å². The highest BCUT2D eigenvalue weighted by molar-refractivity contribution is 9.10. The molecule has 0 spiro atoms. The maximum Gasteiger partial charge on any atom is 0.287 e. The van der Waals surface area contributed by atoms with Crippen molar-refractivity contribution in [1.82, 2.24) is 14.6 Å². The molecular formula is C13H10Br2ClN3O. The number of rotatable bonds is 1. The first kappa shape index (κ1) is 15.3. The van der Waals surface area contributed by atoms with Crippen LogP contribution in [0.2, 0.25) is 5.02 Å². The van der Waals surface area contributed by atoms with E-state index in [0.29, 0.717) is 20.8 Å². The summed E-state index contributed by atoms with van der Waals surface area (Å²) in [6.45, 7) is 1.79. The van der Waals surface area contributed by atoms with Gasteiger partial charge in [-0.1, -0.05) is 23.7 Å². The maximum absolute atomic E-state index is 12.1. The Morgan fingerprint density at radius 2 is 2.10 bits per heavy atom. The molecule has 104 valence electrons. The van der Waals surface area contributed by atoms with Gasteiger partial charge in [-0.25, -0.2) is 9.50 Å². The molecule has 20 heavy (non-hydrogen) atoms. The molecule has 2 heterocycles.